The van der Waals surface area contributed by atoms with E-state index in [2.05, 4.69) is 34.5 Å². The summed E-state index contributed by atoms with van der Waals surface area (Å²) in [5.74, 6) is 1.15. The van der Waals surface area contributed by atoms with Crippen LogP contribution in [0.2, 0.25) is 0 Å². The maximum atomic E-state index is 12.4. The molecule has 5 heteroatoms. The van der Waals surface area contributed by atoms with Crippen LogP contribution in [0.3, 0.4) is 0 Å². The van der Waals surface area contributed by atoms with Gasteiger partial charge in [-0.25, -0.2) is 0 Å². The molecule has 0 radical (unpaired) electrons. The third-order valence-corrected chi connectivity index (χ3v) is 3.75. The van der Waals surface area contributed by atoms with Gasteiger partial charge in [-0.3, -0.25) is 4.79 Å². The van der Waals surface area contributed by atoms with Crippen LogP contribution < -0.4 is 14.8 Å². The molecule has 1 N–H and O–H groups in total. The molecule has 0 aromatic heterocycles. The van der Waals surface area contributed by atoms with Crippen LogP contribution in [-0.2, 0) is 0 Å². The predicted octanol–water partition coefficient (Wildman–Crippen LogP) is 4.12. The summed E-state index contributed by atoms with van der Waals surface area (Å²) < 4.78 is 11.6. The van der Waals surface area contributed by atoms with E-state index in [1.54, 1.807) is 43.5 Å². The van der Waals surface area contributed by atoms with Crippen LogP contribution >= 0.6 is 22.6 Å². The molecule has 0 saturated carbocycles. The zero-order valence-corrected chi connectivity index (χ0v) is 14.3. The summed E-state index contributed by atoms with van der Waals surface area (Å²) in [6.07, 6.45) is 1.66. The fraction of sp³-hybridized carbons (Fsp3) is 0.118. The number of halogens is 1. The number of carbonyl (C=O) groups is 1. The molecule has 22 heavy (non-hydrogen) atoms. The van der Waals surface area contributed by atoms with Crippen molar-refractivity contribution in [3.63, 3.8) is 0 Å². The van der Waals surface area contributed by atoms with Crippen molar-refractivity contribution in [2.24, 2.45) is 0 Å². The molecule has 0 fully saturated rings. The first-order valence-electron chi connectivity index (χ1n) is 6.63. The Morgan fingerprint density at radius 2 is 2.05 bits per heavy atom. The number of rotatable bonds is 6. The summed E-state index contributed by atoms with van der Waals surface area (Å²) in [7, 11) is 1.60. The highest BCUT2D eigenvalue weighted by Gasteiger charge is 2.11. The van der Waals surface area contributed by atoms with E-state index in [1.807, 2.05) is 12.1 Å². The molecule has 0 spiro atoms. The van der Waals surface area contributed by atoms with Gasteiger partial charge in [-0.15, -0.1) is 0 Å². The molecule has 0 saturated heterocycles. The van der Waals surface area contributed by atoms with Gasteiger partial charge in [0, 0.05) is 5.56 Å². The largest absolute Gasteiger partial charge is 0.496 e. The van der Waals surface area contributed by atoms with Crippen LogP contribution in [0.5, 0.6) is 11.5 Å². The second-order valence-electron chi connectivity index (χ2n) is 4.40. The zero-order valence-electron chi connectivity index (χ0n) is 12.1. The Balaban J connectivity index is 2.18. The lowest BCUT2D eigenvalue weighted by Gasteiger charge is -2.12. The minimum absolute atomic E-state index is 0.199. The smallest absolute Gasteiger partial charge is 0.255 e. The zero-order chi connectivity index (χ0) is 15.9. The molecular formula is C17H16INO3. The monoisotopic (exact) mass is 409 g/mol. The summed E-state index contributed by atoms with van der Waals surface area (Å²) in [6.45, 7) is 4.00. The summed E-state index contributed by atoms with van der Waals surface area (Å²) in [6, 6.07) is 12.6. The first-order valence-corrected chi connectivity index (χ1v) is 7.71. The van der Waals surface area contributed by atoms with Crippen molar-refractivity contribution in [1.82, 2.24) is 0 Å². The topological polar surface area (TPSA) is 47.6 Å². The molecule has 114 valence electrons. The highest BCUT2D eigenvalue weighted by molar-refractivity contribution is 14.1. The van der Waals surface area contributed by atoms with Crippen molar-refractivity contribution < 1.29 is 14.3 Å². The average Bonchev–Trinajstić information content (AvgIpc) is 2.54. The molecular weight excluding hydrogens is 393 g/mol. The number of para-hydroxylation sites is 2. The fourth-order valence-corrected chi connectivity index (χ4v) is 2.58. The van der Waals surface area contributed by atoms with Crippen LogP contribution in [0.4, 0.5) is 5.69 Å². The van der Waals surface area contributed by atoms with E-state index in [1.165, 1.54) is 0 Å². The van der Waals surface area contributed by atoms with E-state index in [9.17, 15) is 4.79 Å². The van der Waals surface area contributed by atoms with Gasteiger partial charge in [0.25, 0.3) is 5.91 Å². The summed E-state index contributed by atoms with van der Waals surface area (Å²) in [5.41, 5.74) is 1.18. The van der Waals surface area contributed by atoms with E-state index in [0.29, 0.717) is 23.6 Å². The Bertz CT molecular complexity index is 685. The van der Waals surface area contributed by atoms with Crippen LogP contribution in [0.15, 0.2) is 55.1 Å². The summed E-state index contributed by atoms with van der Waals surface area (Å²) >= 11 is 2.13. The third-order valence-electron chi connectivity index (χ3n) is 2.91. The van der Waals surface area contributed by atoms with Crippen molar-refractivity contribution in [3.05, 3.63) is 64.3 Å². The van der Waals surface area contributed by atoms with Gasteiger partial charge in [-0.05, 0) is 52.9 Å². The molecule has 2 rings (SSSR count). The number of carbonyl (C=O) groups excluding carboxylic acids is 1. The Kier molecular flexibility index (Phi) is 5.83. The lowest BCUT2D eigenvalue weighted by atomic mass is 10.2. The van der Waals surface area contributed by atoms with Crippen LogP contribution in [-0.4, -0.2) is 19.6 Å². The third kappa shape index (κ3) is 4.00. The number of nitrogens with one attached hydrogen (secondary N) is 1. The lowest BCUT2D eigenvalue weighted by Crippen LogP contribution is -2.13. The molecule has 2 aromatic rings. The average molecular weight is 409 g/mol. The van der Waals surface area contributed by atoms with Crippen LogP contribution in [0, 0.1) is 3.57 Å². The quantitative estimate of drug-likeness (QED) is 0.577. The highest BCUT2D eigenvalue weighted by atomic mass is 127. The lowest BCUT2D eigenvalue weighted by molar-refractivity contribution is 0.102. The van der Waals surface area contributed by atoms with E-state index < -0.39 is 0 Å². The van der Waals surface area contributed by atoms with Crippen molar-refractivity contribution >= 4 is 34.2 Å². The first-order chi connectivity index (χ1) is 10.7. The molecule has 0 unspecified atom stereocenters. The van der Waals surface area contributed by atoms with Crippen molar-refractivity contribution in [2.45, 2.75) is 0 Å². The minimum Gasteiger partial charge on any atom is -0.496 e. The second-order valence-corrected chi connectivity index (χ2v) is 5.56. The number of anilines is 1. The van der Waals surface area contributed by atoms with Crippen LogP contribution in [0.1, 0.15) is 10.4 Å². The van der Waals surface area contributed by atoms with Gasteiger partial charge in [-0.2, -0.15) is 0 Å². The molecule has 0 aliphatic rings. The number of hydrogen-bond acceptors (Lipinski definition) is 3. The van der Waals surface area contributed by atoms with E-state index in [-0.39, 0.29) is 5.91 Å². The Morgan fingerprint density at radius 1 is 1.27 bits per heavy atom. The molecule has 0 aliphatic heterocycles. The fourth-order valence-electron chi connectivity index (χ4n) is 1.85. The Labute approximate surface area is 143 Å². The normalized spacial score (nSPS) is 9.91. The van der Waals surface area contributed by atoms with E-state index in [4.69, 9.17) is 9.47 Å². The van der Waals surface area contributed by atoms with Gasteiger partial charge >= 0.3 is 0 Å². The van der Waals surface area contributed by atoms with Gasteiger partial charge in [0.1, 0.15) is 18.1 Å². The predicted molar refractivity (Wildman–Crippen MR) is 95.8 cm³/mol. The van der Waals surface area contributed by atoms with Gasteiger partial charge in [0.2, 0.25) is 0 Å². The minimum atomic E-state index is -0.199. The van der Waals surface area contributed by atoms with E-state index >= 15 is 0 Å². The van der Waals surface area contributed by atoms with Gasteiger partial charge < -0.3 is 14.8 Å². The Morgan fingerprint density at radius 3 is 2.73 bits per heavy atom. The number of amides is 1. The van der Waals surface area contributed by atoms with Gasteiger partial charge in [-0.1, -0.05) is 24.8 Å². The SMILES string of the molecule is C=CCOc1ccccc1NC(=O)c1ccc(OC)c(I)c1. The maximum Gasteiger partial charge on any atom is 0.255 e. The van der Waals surface area contributed by atoms with Gasteiger partial charge in [0.05, 0.1) is 16.4 Å². The summed E-state index contributed by atoms with van der Waals surface area (Å²) in [5, 5.41) is 2.86. The van der Waals surface area contributed by atoms with Crippen molar-refractivity contribution in [3.8, 4) is 11.5 Å². The summed E-state index contributed by atoms with van der Waals surface area (Å²) in [4.78, 5) is 12.4. The number of benzene rings is 2. The molecule has 2 aromatic carbocycles. The van der Waals surface area contributed by atoms with Crippen molar-refractivity contribution in [2.75, 3.05) is 19.0 Å². The van der Waals surface area contributed by atoms with Crippen molar-refractivity contribution in [1.29, 1.82) is 0 Å². The molecule has 0 heterocycles. The number of methoxy groups -OCH3 is 1. The molecule has 0 aliphatic carbocycles. The molecule has 1 amide bonds. The first kappa shape index (κ1) is 16.4. The molecule has 0 bridgehead atoms. The second kappa shape index (κ2) is 7.84. The number of hydrogen-bond donors (Lipinski definition) is 1. The van der Waals surface area contributed by atoms with E-state index in [0.717, 1.165) is 9.32 Å². The number of ether oxygens (including phenoxy) is 2. The van der Waals surface area contributed by atoms with Crippen LogP contribution in [0.25, 0.3) is 0 Å². The van der Waals surface area contributed by atoms with Gasteiger partial charge in [0.15, 0.2) is 0 Å². The Hall–Kier alpha value is -2.02. The maximum absolute atomic E-state index is 12.4. The standard InChI is InChI=1S/C17H16INO3/c1-3-10-22-16-7-5-4-6-14(16)19-17(20)12-8-9-15(21-2)13(18)11-12/h3-9,11H,1,10H2,2H3,(H,19,20). The molecule has 4 nitrogen and oxygen atoms in total. The highest BCUT2D eigenvalue weighted by Crippen LogP contribution is 2.26. The molecule has 0 atom stereocenters.